The molecule has 1 heterocycles. The van der Waals surface area contributed by atoms with E-state index in [0.29, 0.717) is 6.42 Å². The summed E-state index contributed by atoms with van der Waals surface area (Å²) >= 11 is 0. The van der Waals surface area contributed by atoms with Crippen molar-refractivity contribution in [1.82, 2.24) is 4.57 Å². The predicted molar refractivity (Wildman–Crippen MR) is 136 cm³/mol. The number of allylic oxidation sites excluding steroid dienone is 8. The van der Waals surface area contributed by atoms with Gasteiger partial charge in [0, 0.05) is 41.2 Å². The van der Waals surface area contributed by atoms with E-state index >= 15 is 0 Å². The van der Waals surface area contributed by atoms with E-state index in [1.54, 1.807) is 10.4 Å². The van der Waals surface area contributed by atoms with Gasteiger partial charge in [0.1, 0.15) is 0 Å². The molecule has 1 aromatic carbocycles. The molecule has 2 aliphatic carbocycles. The first kappa shape index (κ1) is 25.6. The molecule has 0 spiro atoms. The second-order valence-electron chi connectivity index (χ2n) is 10.1. The van der Waals surface area contributed by atoms with Crippen LogP contribution in [0.3, 0.4) is 0 Å². The first-order valence-electron chi connectivity index (χ1n) is 10.8. The molecule has 166 valence electrons. The number of rotatable bonds is 5. The molecule has 2 aliphatic rings. The fraction of sp³-hybridized carbons (Fsp3) is 0.308. The van der Waals surface area contributed by atoms with E-state index in [0.717, 1.165) is 17.3 Å². The third-order valence-corrected chi connectivity index (χ3v) is 9.85. The van der Waals surface area contributed by atoms with Gasteiger partial charge in [-0.15, -0.1) is 0 Å². The summed E-state index contributed by atoms with van der Waals surface area (Å²) in [5.74, 6) is 0.193. The van der Waals surface area contributed by atoms with Crippen molar-refractivity contribution in [2.45, 2.75) is 52.1 Å². The third-order valence-electron chi connectivity index (χ3n) is 5.50. The Hall–Kier alpha value is -1.67. The number of fused-ring (bicyclic) bond motifs is 1. The quantitative estimate of drug-likeness (QED) is 0.400. The van der Waals surface area contributed by atoms with Crippen LogP contribution in [0.25, 0.3) is 10.9 Å². The SMILES string of the molecule is C[Si](C)(C)C1=C([Si](C)(C)C)C(CCC(=O)n2ccc3ccccc32)=C1.[CH]1C=CC=C1.[Co]. The van der Waals surface area contributed by atoms with E-state index in [9.17, 15) is 4.79 Å². The first-order chi connectivity index (χ1) is 14.1. The van der Waals surface area contributed by atoms with E-state index in [1.807, 2.05) is 65.8 Å². The van der Waals surface area contributed by atoms with E-state index in [2.05, 4.69) is 51.4 Å². The van der Waals surface area contributed by atoms with Gasteiger partial charge in [0.25, 0.3) is 0 Å². The maximum absolute atomic E-state index is 12.7. The van der Waals surface area contributed by atoms with Crippen LogP contribution in [0, 0.1) is 6.42 Å². The smallest absolute Gasteiger partial charge is 0.231 e. The number of para-hydroxylation sites is 1. The predicted octanol–water partition coefficient (Wildman–Crippen LogP) is 7.37. The molecule has 4 rings (SSSR count). The molecule has 0 aliphatic heterocycles. The molecule has 1 aromatic heterocycles. The van der Waals surface area contributed by atoms with Crippen molar-refractivity contribution in [2.75, 3.05) is 0 Å². The first-order valence-corrected chi connectivity index (χ1v) is 17.8. The van der Waals surface area contributed by atoms with Crippen molar-refractivity contribution >= 4 is 33.0 Å². The van der Waals surface area contributed by atoms with Gasteiger partial charge in [-0.3, -0.25) is 9.36 Å². The van der Waals surface area contributed by atoms with Crippen LogP contribution < -0.4 is 0 Å². The number of carbonyl (C=O) groups excluding carboxylic acids is 1. The van der Waals surface area contributed by atoms with Crippen LogP contribution in [0.5, 0.6) is 0 Å². The fourth-order valence-corrected chi connectivity index (χ4v) is 9.88. The summed E-state index contributed by atoms with van der Waals surface area (Å²) in [4.78, 5) is 12.7. The summed E-state index contributed by atoms with van der Waals surface area (Å²) in [7, 11) is -2.65. The third kappa shape index (κ3) is 6.19. The van der Waals surface area contributed by atoms with E-state index in [1.165, 1.54) is 5.57 Å². The van der Waals surface area contributed by atoms with E-state index in [4.69, 9.17) is 0 Å². The monoisotopic (exact) mass is 491 g/mol. The van der Waals surface area contributed by atoms with Crippen LogP contribution in [0.4, 0.5) is 0 Å². The van der Waals surface area contributed by atoms with Crippen LogP contribution in [0.2, 0.25) is 39.3 Å². The minimum atomic E-state index is -1.36. The summed E-state index contributed by atoms with van der Waals surface area (Å²) < 4.78 is 1.81. The number of hydrogen-bond acceptors (Lipinski definition) is 1. The standard InChI is InChI=1S/C21H29NOSi2.C5H5.Co/c1-24(2,3)19-15-17(21(19)25(4,5)6)11-12-20(23)22-14-13-16-9-7-8-10-18(16)22;1-2-4-5-3-1;/h7-10,13-15H,11-12H2,1-6H3;1-5H;. The summed E-state index contributed by atoms with van der Waals surface area (Å²) in [5.41, 5.74) is 2.46. The van der Waals surface area contributed by atoms with Gasteiger partial charge in [-0.1, -0.05) is 98.3 Å². The molecular formula is C26H34CoNOSi2. The van der Waals surface area contributed by atoms with Crippen molar-refractivity contribution in [3.63, 3.8) is 0 Å². The van der Waals surface area contributed by atoms with Crippen molar-refractivity contribution in [2.24, 2.45) is 0 Å². The van der Waals surface area contributed by atoms with Crippen LogP contribution in [0.1, 0.15) is 17.6 Å². The zero-order chi connectivity index (χ0) is 21.9. The Morgan fingerprint density at radius 1 is 0.871 bits per heavy atom. The average Bonchev–Trinajstić information content (AvgIpc) is 3.31. The minimum absolute atomic E-state index is 0. The average molecular weight is 492 g/mol. The van der Waals surface area contributed by atoms with Crippen molar-refractivity contribution < 1.29 is 21.6 Å². The molecule has 0 bridgehead atoms. The second-order valence-corrected chi connectivity index (χ2v) is 20.1. The van der Waals surface area contributed by atoms with Crippen LogP contribution in [0.15, 0.2) is 82.9 Å². The Morgan fingerprint density at radius 3 is 2.06 bits per heavy atom. The molecule has 0 fully saturated rings. The molecule has 0 amide bonds. The number of nitrogens with zero attached hydrogens (tertiary/aromatic N) is 1. The second kappa shape index (κ2) is 10.3. The molecule has 5 heteroatoms. The molecule has 2 nitrogen and oxygen atoms in total. The maximum atomic E-state index is 12.7. The van der Waals surface area contributed by atoms with Crippen LogP contribution >= 0.6 is 0 Å². The topological polar surface area (TPSA) is 22.0 Å². The molecule has 0 atom stereocenters. The van der Waals surface area contributed by atoms with Gasteiger partial charge in [-0.2, -0.15) is 0 Å². The van der Waals surface area contributed by atoms with Gasteiger partial charge in [-0.25, -0.2) is 0 Å². The van der Waals surface area contributed by atoms with Crippen molar-refractivity contribution in [3.8, 4) is 0 Å². The van der Waals surface area contributed by atoms with Crippen LogP contribution in [-0.4, -0.2) is 26.6 Å². The fourth-order valence-electron chi connectivity index (χ4n) is 4.07. The van der Waals surface area contributed by atoms with Crippen molar-refractivity contribution in [1.29, 1.82) is 0 Å². The van der Waals surface area contributed by atoms with Gasteiger partial charge in [-0.05, 0) is 24.1 Å². The Balaban J connectivity index is 0.000000501. The minimum Gasteiger partial charge on any atom is -0.287 e. The van der Waals surface area contributed by atoms with Gasteiger partial charge >= 0.3 is 0 Å². The molecule has 2 aromatic rings. The Morgan fingerprint density at radius 2 is 1.52 bits per heavy atom. The number of hydrogen-bond donors (Lipinski definition) is 0. The maximum Gasteiger partial charge on any atom is 0.231 e. The normalized spacial score (nSPS) is 15.2. The molecular weight excluding hydrogens is 457 g/mol. The van der Waals surface area contributed by atoms with Gasteiger partial charge < -0.3 is 0 Å². The molecule has 2 radical (unpaired) electrons. The van der Waals surface area contributed by atoms with E-state index < -0.39 is 16.1 Å². The van der Waals surface area contributed by atoms with Gasteiger partial charge in [0.15, 0.2) is 0 Å². The molecule has 31 heavy (non-hydrogen) atoms. The number of aromatic nitrogens is 1. The van der Waals surface area contributed by atoms with Crippen LogP contribution in [-0.2, 0) is 16.8 Å². The Bertz CT molecular complexity index is 1050. The number of benzene rings is 1. The summed E-state index contributed by atoms with van der Waals surface area (Å²) in [5, 5.41) is 4.42. The van der Waals surface area contributed by atoms with Gasteiger partial charge in [0.05, 0.1) is 21.7 Å². The van der Waals surface area contributed by atoms with Gasteiger partial charge in [0.2, 0.25) is 5.91 Å². The van der Waals surface area contributed by atoms with Crippen molar-refractivity contribution in [3.05, 3.63) is 89.3 Å². The summed E-state index contributed by atoms with van der Waals surface area (Å²) in [6, 6.07) is 10.1. The van der Waals surface area contributed by atoms with E-state index in [-0.39, 0.29) is 22.7 Å². The Labute approximate surface area is 200 Å². The zero-order valence-corrected chi connectivity index (χ0v) is 22.6. The molecule has 0 unspecified atom stereocenters. The zero-order valence-electron chi connectivity index (χ0n) is 19.5. The molecule has 0 saturated carbocycles. The molecule has 0 saturated heterocycles. The number of carbonyl (C=O) groups is 1. The summed E-state index contributed by atoms with van der Waals surface area (Å²) in [6.45, 7) is 14.6. The molecule has 0 N–H and O–H groups in total. The largest absolute Gasteiger partial charge is 0.287 e. The summed E-state index contributed by atoms with van der Waals surface area (Å²) in [6.07, 6.45) is 15.8. The Kier molecular flexibility index (Phi) is 8.50.